The number of rotatable bonds is 22. The fraction of sp³-hybridized carbons (Fsp3) is 0.500. The van der Waals surface area contributed by atoms with Crippen molar-refractivity contribution in [1.82, 2.24) is 0 Å². The zero-order chi connectivity index (χ0) is 28.0. The SMILES string of the molecule is CC(=O)Nc1ccc(OCCOCCOCCOCCOCCOCCOc2ccc(NC(C)=O)cc2)cc1. The number of ether oxygens (including phenoxy) is 7. The Bertz CT molecular complexity index is 848. The number of carbonyl (C=O) groups excluding carboxylic acids is 2. The minimum Gasteiger partial charge on any atom is -0.491 e. The van der Waals surface area contributed by atoms with Gasteiger partial charge in [0.1, 0.15) is 24.7 Å². The Balaban J connectivity index is 1.27. The smallest absolute Gasteiger partial charge is 0.221 e. The minimum absolute atomic E-state index is 0.109. The molecule has 0 saturated heterocycles. The summed E-state index contributed by atoms with van der Waals surface area (Å²) >= 11 is 0. The average Bonchev–Trinajstić information content (AvgIpc) is 2.91. The van der Waals surface area contributed by atoms with E-state index < -0.39 is 0 Å². The maximum Gasteiger partial charge on any atom is 0.221 e. The van der Waals surface area contributed by atoms with E-state index in [1.807, 2.05) is 0 Å². The van der Waals surface area contributed by atoms with Gasteiger partial charge in [0.15, 0.2) is 0 Å². The average molecular weight is 549 g/mol. The standard InChI is InChI=1S/C28H40N2O9/c1-23(31)29-25-3-7-27(8-4-25)38-21-19-36-17-15-34-13-11-33-12-14-35-16-18-37-20-22-39-28-9-5-26(6-10-28)30-24(2)32/h3-10H,11-22H2,1-2H3,(H,29,31)(H,30,32). The Morgan fingerprint density at radius 3 is 0.974 bits per heavy atom. The lowest BCUT2D eigenvalue weighted by molar-refractivity contribution is -0.115. The number of benzene rings is 2. The highest BCUT2D eigenvalue weighted by Crippen LogP contribution is 2.16. The second kappa shape index (κ2) is 20.7. The molecule has 2 amide bonds. The zero-order valence-electron chi connectivity index (χ0n) is 22.8. The maximum absolute atomic E-state index is 11.0. The van der Waals surface area contributed by atoms with Crippen molar-refractivity contribution in [1.29, 1.82) is 0 Å². The molecule has 0 aliphatic carbocycles. The highest BCUT2D eigenvalue weighted by Gasteiger charge is 1.99. The van der Waals surface area contributed by atoms with Crippen LogP contribution in [0.4, 0.5) is 11.4 Å². The van der Waals surface area contributed by atoms with E-state index in [2.05, 4.69) is 10.6 Å². The number of carbonyl (C=O) groups is 2. The molecule has 2 N–H and O–H groups in total. The molecule has 216 valence electrons. The molecule has 0 heterocycles. The second-order valence-electron chi connectivity index (χ2n) is 8.17. The molecule has 0 aliphatic heterocycles. The van der Waals surface area contributed by atoms with Gasteiger partial charge in [0.05, 0.1) is 66.1 Å². The summed E-state index contributed by atoms with van der Waals surface area (Å²) in [6.07, 6.45) is 0. The molecule has 0 spiro atoms. The number of anilines is 2. The van der Waals surface area contributed by atoms with Crippen LogP contribution in [0.2, 0.25) is 0 Å². The second-order valence-corrected chi connectivity index (χ2v) is 8.17. The van der Waals surface area contributed by atoms with Crippen LogP contribution in [0.25, 0.3) is 0 Å². The van der Waals surface area contributed by atoms with Crippen molar-refractivity contribution in [3.05, 3.63) is 48.5 Å². The van der Waals surface area contributed by atoms with Gasteiger partial charge in [0, 0.05) is 25.2 Å². The first-order chi connectivity index (χ1) is 19.0. The van der Waals surface area contributed by atoms with E-state index in [9.17, 15) is 9.59 Å². The van der Waals surface area contributed by atoms with Gasteiger partial charge in [-0.1, -0.05) is 0 Å². The number of amides is 2. The van der Waals surface area contributed by atoms with Crippen molar-refractivity contribution in [2.45, 2.75) is 13.8 Å². The third-order valence-electron chi connectivity index (χ3n) is 4.83. The highest BCUT2D eigenvalue weighted by molar-refractivity contribution is 5.89. The Morgan fingerprint density at radius 2 is 0.718 bits per heavy atom. The zero-order valence-corrected chi connectivity index (χ0v) is 22.8. The topological polar surface area (TPSA) is 123 Å². The lowest BCUT2D eigenvalue weighted by atomic mass is 10.3. The van der Waals surface area contributed by atoms with Crippen LogP contribution in [-0.4, -0.2) is 91.1 Å². The van der Waals surface area contributed by atoms with Crippen molar-refractivity contribution < 1.29 is 42.7 Å². The molecule has 0 atom stereocenters. The fourth-order valence-corrected chi connectivity index (χ4v) is 3.09. The summed E-state index contributed by atoms with van der Waals surface area (Å²) in [4.78, 5) is 22.0. The predicted molar refractivity (Wildman–Crippen MR) is 147 cm³/mol. The van der Waals surface area contributed by atoms with Gasteiger partial charge >= 0.3 is 0 Å². The minimum atomic E-state index is -0.109. The van der Waals surface area contributed by atoms with Gasteiger partial charge in [-0.3, -0.25) is 9.59 Å². The third kappa shape index (κ3) is 17.1. The van der Waals surface area contributed by atoms with Crippen molar-refractivity contribution in [2.75, 3.05) is 89.9 Å². The summed E-state index contributed by atoms with van der Waals surface area (Å²) < 4.78 is 38.5. The molecule has 0 radical (unpaired) electrons. The molecule has 11 nitrogen and oxygen atoms in total. The summed E-state index contributed by atoms with van der Waals surface area (Å²) in [5, 5.41) is 5.41. The number of hydrogen-bond acceptors (Lipinski definition) is 9. The van der Waals surface area contributed by atoms with Crippen LogP contribution in [0, 0.1) is 0 Å². The molecule has 2 aromatic rings. The quantitative estimate of drug-likeness (QED) is 0.214. The summed E-state index contributed by atoms with van der Waals surface area (Å²) in [5.41, 5.74) is 1.46. The van der Waals surface area contributed by atoms with Gasteiger partial charge in [-0.2, -0.15) is 0 Å². The van der Waals surface area contributed by atoms with Crippen LogP contribution in [0.3, 0.4) is 0 Å². The lowest BCUT2D eigenvalue weighted by Crippen LogP contribution is -2.15. The Labute approximate surface area is 230 Å². The van der Waals surface area contributed by atoms with Gasteiger partial charge in [0.25, 0.3) is 0 Å². The van der Waals surface area contributed by atoms with Crippen LogP contribution in [-0.2, 0) is 33.3 Å². The molecule has 0 fully saturated rings. The summed E-state index contributed by atoms with van der Waals surface area (Å²) in [7, 11) is 0. The Morgan fingerprint density at radius 1 is 0.462 bits per heavy atom. The van der Waals surface area contributed by atoms with Gasteiger partial charge in [-0.25, -0.2) is 0 Å². The van der Waals surface area contributed by atoms with Crippen molar-refractivity contribution in [2.24, 2.45) is 0 Å². The first kappa shape index (κ1) is 32.0. The highest BCUT2D eigenvalue weighted by atomic mass is 16.6. The molecular formula is C28H40N2O9. The van der Waals surface area contributed by atoms with Crippen LogP contribution < -0.4 is 20.1 Å². The molecule has 2 rings (SSSR count). The molecule has 0 unspecified atom stereocenters. The van der Waals surface area contributed by atoms with E-state index in [1.165, 1.54) is 13.8 Å². The molecule has 0 aliphatic rings. The number of hydrogen-bond donors (Lipinski definition) is 2. The van der Waals surface area contributed by atoms with Gasteiger partial charge < -0.3 is 43.8 Å². The molecule has 0 bridgehead atoms. The fourth-order valence-electron chi connectivity index (χ4n) is 3.09. The summed E-state index contributed by atoms with van der Waals surface area (Å²) in [6.45, 7) is 8.56. The van der Waals surface area contributed by atoms with Gasteiger partial charge in [-0.15, -0.1) is 0 Å². The largest absolute Gasteiger partial charge is 0.491 e. The van der Waals surface area contributed by atoms with Crippen molar-refractivity contribution >= 4 is 23.2 Å². The van der Waals surface area contributed by atoms with Crippen LogP contribution in [0.5, 0.6) is 11.5 Å². The normalized spacial score (nSPS) is 10.7. The Kier molecular flexibility index (Phi) is 17.0. The molecule has 39 heavy (non-hydrogen) atoms. The van der Waals surface area contributed by atoms with Crippen molar-refractivity contribution in [3.63, 3.8) is 0 Å². The third-order valence-corrected chi connectivity index (χ3v) is 4.83. The van der Waals surface area contributed by atoms with E-state index in [-0.39, 0.29) is 11.8 Å². The van der Waals surface area contributed by atoms with Gasteiger partial charge in [0.2, 0.25) is 11.8 Å². The van der Waals surface area contributed by atoms with E-state index in [4.69, 9.17) is 33.2 Å². The monoisotopic (exact) mass is 548 g/mol. The van der Waals surface area contributed by atoms with Crippen LogP contribution in [0.1, 0.15) is 13.8 Å². The van der Waals surface area contributed by atoms with Crippen molar-refractivity contribution in [3.8, 4) is 11.5 Å². The summed E-state index contributed by atoms with van der Waals surface area (Å²) in [6, 6.07) is 14.3. The first-order valence-electron chi connectivity index (χ1n) is 12.9. The maximum atomic E-state index is 11.0. The Hall–Kier alpha value is -3.22. The van der Waals surface area contributed by atoms with E-state index in [0.29, 0.717) is 90.8 Å². The molecule has 0 saturated carbocycles. The van der Waals surface area contributed by atoms with E-state index in [0.717, 1.165) is 11.4 Å². The van der Waals surface area contributed by atoms with Crippen LogP contribution >= 0.6 is 0 Å². The lowest BCUT2D eigenvalue weighted by Gasteiger charge is -2.09. The summed E-state index contributed by atoms with van der Waals surface area (Å²) in [5.74, 6) is 1.21. The molecule has 11 heteroatoms. The van der Waals surface area contributed by atoms with Crippen LogP contribution in [0.15, 0.2) is 48.5 Å². The van der Waals surface area contributed by atoms with Gasteiger partial charge in [-0.05, 0) is 48.5 Å². The van der Waals surface area contributed by atoms with E-state index >= 15 is 0 Å². The molecule has 2 aromatic carbocycles. The molecule has 0 aromatic heterocycles. The molecular weight excluding hydrogens is 508 g/mol. The first-order valence-corrected chi connectivity index (χ1v) is 12.9. The van der Waals surface area contributed by atoms with E-state index in [1.54, 1.807) is 48.5 Å². The number of nitrogens with one attached hydrogen (secondary N) is 2. The predicted octanol–water partition coefficient (Wildman–Crippen LogP) is 3.14.